The molecule has 0 radical (unpaired) electrons. The molecular formula is C22H25NO3S. The third-order valence-corrected chi connectivity index (χ3v) is 5.77. The standard InChI is InChI=1S/C22H25NO3S/c1-3-18-19(23(15-25)10-7-11-24)12-20(22-21(18)16(2)14-27-22)26-13-17-8-5-4-6-9-17/h4-6,8-9,12,14-15,24H,3,7,10-11,13H2,1-2H3. The molecule has 0 saturated carbocycles. The van der Waals surface area contributed by atoms with Crippen molar-refractivity contribution >= 4 is 33.5 Å². The van der Waals surface area contributed by atoms with Gasteiger partial charge in [-0.25, -0.2) is 0 Å². The molecule has 0 aliphatic carbocycles. The summed E-state index contributed by atoms with van der Waals surface area (Å²) in [6.45, 7) is 5.23. The van der Waals surface area contributed by atoms with Crippen molar-refractivity contribution in [1.82, 2.24) is 0 Å². The Morgan fingerprint density at radius 1 is 1.26 bits per heavy atom. The lowest BCUT2D eigenvalue weighted by Gasteiger charge is -2.23. The highest BCUT2D eigenvalue weighted by Gasteiger charge is 2.19. The van der Waals surface area contributed by atoms with E-state index in [-0.39, 0.29) is 6.61 Å². The minimum Gasteiger partial charge on any atom is -0.487 e. The second-order valence-electron chi connectivity index (χ2n) is 6.50. The molecule has 0 spiro atoms. The van der Waals surface area contributed by atoms with Crippen LogP contribution < -0.4 is 9.64 Å². The number of hydrogen-bond donors (Lipinski definition) is 1. The number of hydrogen-bond acceptors (Lipinski definition) is 4. The number of ether oxygens (including phenoxy) is 1. The van der Waals surface area contributed by atoms with Gasteiger partial charge in [0.1, 0.15) is 12.4 Å². The van der Waals surface area contributed by atoms with Crippen LogP contribution >= 0.6 is 11.3 Å². The largest absolute Gasteiger partial charge is 0.487 e. The average molecular weight is 384 g/mol. The minimum absolute atomic E-state index is 0.0584. The number of rotatable bonds is 9. The first-order chi connectivity index (χ1) is 13.2. The van der Waals surface area contributed by atoms with Gasteiger partial charge in [0.05, 0.1) is 10.4 Å². The van der Waals surface area contributed by atoms with Gasteiger partial charge < -0.3 is 14.7 Å². The van der Waals surface area contributed by atoms with Crippen LogP contribution in [0.3, 0.4) is 0 Å². The molecule has 3 aromatic rings. The van der Waals surface area contributed by atoms with E-state index in [2.05, 4.69) is 19.2 Å². The predicted molar refractivity (Wildman–Crippen MR) is 112 cm³/mol. The number of nitrogens with zero attached hydrogens (tertiary/aromatic N) is 1. The Bertz CT molecular complexity index is 905. The fraction of sp³-hybridized carbons (Fsp3) is 0.318. The van der Waals surface area contributed by atoms with Crippen molar-refractivity contribution in [2.75, 3.05) is 18.1 Å². The Kier molecular flexibility index (Phi) is 6.48. The molecule has 27 heavy (non-hydrogen) atoms. The molecule has 3 rings (SSSR count). The Hall–Kier alpha value is -2.37. The van der Waals surface area contributed by atoms with Crippen molar-refractivity contribution in [2.45, 2.75) is 33.3 Å². The molecule has 0 aliphatic rings. The quantitative estimate of drug-likeness (QED) is 0.545. The third kappa shape index (κ3) is 4.15. The van der Waals surface area contributed by atoms with Gasteiger partial charge in [0.25, 0.3) is 0 Å². The highest BCUT2D eigenvalue weighted by molar-refractivity contribution is 7.17. The summed E-state index contributed by atoms with van der Waals surface area (Å²) in [5.74, 6) is 0.801. The van der Waals surface area contributed by atoms with Gasteiger partial charge in [-0.15, -0.1) is 11.3 Å². The summed E-state index contributed by atoms with van der Waals surface area (Å²) >= 11 is 1.68. The number of amides is 1. The summed E-state index contributed by atoms with van der Waals surface area (Å²) in [6.07, 6.45) is 2.22. The number of fused-ring (bicyclic) bond motifs is 1. The number of benzene rings is 2. The third-order valence-electron chi connectivity index (χ3n) is 4.66. The lowest BCUT2D eigenvalue weighted by Crippen LogP contribution is -2.24. The van der Waals surface area contributed by atoms with Crippen LogP contribution in [0.5, 0.6) is 5.75 Å². The van der Waals surface area contributed by atoms with Crippen molar-refractivity contribution in [3.63, 3.8) is 0 Å². The maximum Gasteiger partial charge on any atom is 0.214 e. The Morgan fingerprint density at radius 2 is 2.04 bits per heavy atom. The second-order valence-corrected chi connectivity index (χ2v) is 7.38. The van der Waals surface area contributed by atoms with E-state index in [4.69, 9.17) is 9.84 Å². The topological polar surface area (TPSA) is 49.8 Å². The Balaban J connectivity index is 2.05. The van der Waals surface area contributed by atoms with Crippen LogP contribution in [0.15, 0.2) is 41.8 Å². The first-order valence-corrected chi connectivity index (χ1v) is 10.1. The molecule has 0 unspecified atom stereocenters. The molecule has 0 fully saturated rings. The van der Waals surface area contributed by atoms with Crippen LogP contribution in [-0.2, 0) is 17.8 Å². The first kappa shape index (κ1) is 19.4. The van der Waals surface area contributed by atoms with Crippen LogP contribution in [0.25, 0.3) is 10.1 Å². The van der Waals surface area contributed by atoms with E-state index in [9.17, 15) is 4.79 Å². The molecule has 2 aromatic carbocycles. The van der Waals surface area contributed by atoms with Crippen molar-refractivity contribution in [2.24, 2.45) is 0 Å². The van der Waals surface area contributed by atoms with Crippen molar-refractivity contribution in [3.05, 3.63) is 58.5 Å². The van der Waals surface area contributed by atoms with E-state index in [0.29, 0.717) is 19.6 Å². The van der Waals surface area contributed by atoms with Crippen LogP contribution in [0.2, 0.25) is 0 Å². The van der Waals surface area contributed by atoms with Gasteiger partial charge in [0.15, 0.2) is 0 Å². The first-order valence-electron chi connectivity index (χ1n) is 9.22. The van der Waals surface area contributed by atoms with Gasteiger partial charge in [-0.1, -0.05) is 37.3 Å². The maximum absolute atomic E-state index is 11.7. The van der Waals surface area contributed by atoms with E-state index in [1.165, 1.54) is 10.9 Å². The molecule has 0 saturated heterocycles. The molecule has 0 atom stereocenters. The molecule has 142 valence electrons. The zero-order chi connectivity index (χ0) is 19.2. The molecular weight excluding hydrogens is 358 g/mol. The summed E-state index contributed by atoms with van der Waals surface area (Å²) in [6, 6.07) is 12.0. The SMILES string of the molecule is CCc1c(N(C=O)CCCO)cc(OCc2ccccc2)c2scc(C)c12. The predicted octanol–water partition coefficient (Wildman–Crippen LogP) is 4.70. The summed E-state index contributed by atoms with van der Waals surface area (Å²) < 4.78 is 7.30. The molecule has 4 nitrogen and oxygen atoms in total. The summed E-state index contributed by atoms with van der Waals surface area (Å²) in [5, 5.41) is 12.5. The van der Waals surface area contributed by atoms with Gasteiger partial charge >= 0.3 is 0 Å². The van der Waals surface area contributed by atoms with Gasteiger partial charge in [-0.2, -0.15) is 0 Å². The molecule has 5 heteroatoms. The summed E-state index contributed by atoms with van der Waals surface area (Å²) in [4.78, 5) is 13.4. The fourth-order valence-corrected chi connectivity index (χ4v) is 4.38. The molecule has 1 heterocycles. The number of aliphatic hydroxyl groups excluding tert-OH is 1. The van der Waals surface area contributed by atoms with E-state index < -0.39 is 0 Å². The second kappa shape index (κ2) is 9.02. The lowest BCUT2D eigenvalue weighted by molar-refractivity contribution is -0.107. The van der Waals surface area contributed by atoms with E-state index in [1.807, 2.05) is 36.4 Å². The molecule has 1 amide bonds. The van der Waals surface area contributed by atoms with Gasteiger partial charge in [-0.05, 0) is 41.8 Å². The number of aliphatic hydroxyl groups is 1. The van der Waals surface area contributed by atoms with Gasteiger partial charge in [-0.3, -0.25) is 4.79 Å². The Morgan fingerprint density at radius 3 is 2.70 bits per heavy atom. The minimum atomic E-state index is 0.0584. The van der Waals surface area contributed by atoms with Crippen molar-refractivity contribution in [1.29, 1.82) is 0 Å². The number of carbonyl (C=O) groups is 1. The van der Waals surface area contributed by atoms with Crippen molar-refractivity contribution < 1.29 is 14.6 Å². The summed E-state index contributed by atoms with van der Waals surface area (Å²) in [5.41, 5.74) is 4.33. The van der Waals surface area contributed by atoms with Crippen LogP contribution in [-0.4, -0.2) is 24.7 Å². The van der Waals surface area contributed by atoms with Crippen LogP contribution in [0, 0.1) is 6.92 Å². The number of aryl methyl sites for hydroxylation is 2. The van der Waals surface area contributed by atoms with Gasteiger partial charge in [0.2, 0.25) is 6.41 Å². The number of anilines is 1. The van der Waals surface area contributed by atoms with E-state index in [1.54, 1.807) is 16.2 Å². The van der Waals surface area contributed by atoms with Crippen LogP contribution in [0.4, 0.5) is 5.69 Å². The highest BCUT2D eigenvalue weighted by atomic mass is 32.1. The molecule has 0 bridgehead atoms. The average Bonchev–Trinajstić information content (AvgIpc) is 3.09. The maximum atomic E-state index is 11.7. The Labute approximate surface area is 164 Å². The monoisotopic (exact) mass is 383 g/mol. The van der Waals surface area contributed by atoms with E-state index in [0.717, 1.165) is 40.1 Å². The van der Waals surface area contributed by atoms with Crippen molar-refractivity contribution in [3.8, 4) is 5.75 Å². The smallest absolute Gasteiger partial charge is 0.214 e. The zero-order valence-corrected chi connectivity index (χ0v) is 16.6. The van der Waals surface area contributed by atoms with Crippen LogP contribution in [0.1, 0.15) is 30.0 Å². The summed E-state index contributed by atoms with van der Waals surface area (Å²) in [7, 11) is 0. The highest BCUT2D eigenvalue weighted by Crippen LogP contribution is 2.42. The molecule has 0 aliphatic heterocycles. The van der Waals surface area contributed by atoms with E-state index >= 15 is 0 Å². The molecule has 1 aromatic heterocycles. The zero-order valence-electron chi connectivity index (χ0n) is 15.8. The normalized spacial score (nSPS) is 10.9. The van der Waals surface area contributed by atoms with Gasteiger partial charge in [0, 0.05) is 24.6 Å². The fourth-order valence-electron chi connectivity index (χ4n) is 3.33. The number of carbonyl (C=O) groups excluding carboxylic acids is 1. The molecule has 1 N–H and O–H groups in total. The number of thiophene rings is 1. The lowest BCUT2D eigenvalue weighted by atomic mass is 10.0.